The first-order valence-electron chi connectivity index (χ1n) is 10.5. The number of hydrogen-bond donors (Lipinski definition) is 1. The number of rotatable bonds is 4. The van der Waals surface area contributed by atoms with Gasteiger partial charge in [0, 0.05) is 42.6 Å². The van der Waals surface area contributed by atoms with E-state index < -0.39 is 5.63 Å². The van der Waals surface area contributed by atoms with Crippen molar-refractivity contribution in [3.8, 4) is 5.75 Å². The van der Waals surface area contributed by atoms with Crippen molar-refractivity contribution in [1.82, 2.24) is 15.1 Å². The fourth-order valence-corrected chi connectivity index (χ4v) is 4.42. The second kappa shape index (κ2) is 7.31. The standard InChI is InChI=1S/C23H25N3O4/c1-13-16-6-5-15(29-2)11-20(16)30-23(28)18(13)12-21(27)26-9-7-17-19(8-10-26)24-25-22(17)14-3-4-14/h5-6,11,14H,3-4,7-10,12H2,1-2H3,(H,24,25). The molecule has 1 saturated carbocycles. The molecule has 3 aromatic rings. The molecule has 0 atom stereocenters. The number of aromatic nitrogens is 2. The maximum Gasteiger partial charge on any atom is 0.340 e. The highest BCUT2D eigenvalue weighted by atomic mass is 16.5. The zero-order valence-corrected chi connectivity index (χ0v) is 17.3. The fourth-order valence-electron chi connectivity index (χ4n) is 4.42. The molecular formula is C23H25N3O4. The lowest BCUT2D eigenvalue weighted by Crippen LogP contribution is -2.35. The maximum atomic E-state index is 13.1. The minimum Gasteiger partial charge on any atom is -0.497 e. The van der Waals surface area contributed by atoms with Crippen LogP contribution in [0, 0.1) is 6.92 Å². The summed E-state index contributed by atoms with van der Waals surface area (Å²) in [7, 11) is 1.57. The lowest BCUT2D eigenvalue weighted by atomic mass is 10.0. The number of nitrogens with zero attached hydrogens (tertiary/aromatic N) is 2. The lowest BCUT2D eigenvalue weighted by molar-refractivity contribution is -0.130. The van der Waals surface area contributed by atoms with Gasteiger partial charge in [0.25, 0.3) is 0 Å². The van der Waals surface area contributed by atoms with Crippen LogP contribution in [0.25, 0.3) is 11.0 Å². The van der Waals surface area contributed by atoms with E-state index in [2.05, 4.69) is 10.2 Å². The Balaban J connectivity index is 1.36. The van der Waals surface area contributed by atoms with Gasteiger partial charge in [-0.2, -0.15) is 5.10 Å². The third-order valence-corrected chi connectivity index (χ3v) is 6.39. The summed E-state index contributed by atoms with van der Waals surface area (Å²) in [6.07, 6.45) is 4.06. The Morgan fingerprint density at radius 2 is 2.10 bits per heavy atom. The molecule has 1 amide bonds. The van der Waals surface area contributed by atoms with Gasteiger partial charge in [-0.25, -0.2) is 4.79 Å². The number of aryl methyl sites for hydroxylation is 1. The van der Waals surface area contributed by atoms with E-state index in [0.717, 1.165) is 29.5 Å². The van der Waals surface area contributed by atoms with Crippen molar-refractivity contribution < 1.29 is 13.9 Å². The summed E-state index contributed by atoms with van der Waals surface area (Å²) in [5, 5.41) is 8.52. The summed E-state index contributed by atoms with van der Waals surface area (Å²) in [4.78, 5) is 27.5. The Morgan fingerprint density at radius 1 is 1.30 bits per heavy atom. The van der Waals surface area contributed by atoms with Crippen molar-refractivity contribution in [3.63, 3.8) is 0 Å². The van der Waals surface area contributed by atoms with Crippen LogP contribution < -0.4 is 10.4 Å². The number of H-pyrrole nitrogens is 1. The number of fused-ring (bicyclic) bond motifs is 2. The van der Waals surface area contributed by atoms with Gasteiger partial charge in [0.05, 0.1) is 24.8 Å². The van der Waals surface area contributed by atoms with Crippen LogP contribution in [0.2, 0.25) is 0 Å². The van der Waals surface area contributed by atoms with Crippen LogP contribution in [0.1, 0.15) is 46.8 Å². The molecule has 30 heavy (non-hydrogen) atoms. The fraction of sp³-hybridized carbons (Fsp3) is 0.435. The van der Waals surface area contributed by atoms with E-state index in [4.69, 9.17) is 9.15 Å². The molecule has 0 spiro atoms. The molecule has 7 heteroatoms. The average molecular weight is 407 g/mol. The van der Waals surface area contributed by atoms with Crippen LogP contribution in [0.4, 0.5) is 0 Å². The van der Waals surface area contributed by atoms with Gasteiger partial charge in [-0.3, -0.25) is 9.89 Å². The predicted octanol–water partition coefficient (Wildman–Crippen LogP) is 2.88. The second-order valence-corrected chi connectivity index (χ2v) is 8.25. The first-order chi connectivity index (χ1) is 14.5. The zero-order valence-electron chi connectivity index (χ0n) is 17.3. The van der Waals surface area contributed by atoms with E-state index in [0.29, 0.717) is 35.9 Å². The predicted molar refractivity (Wildman–Crippen MR) is 112 cm³/mol. The largest absolute Gasteiger partial charge is 0.497 e. The molecule has 1 aliphatic carbocycles. The molecule has 0 unspecified atom stereocenters. The van der Waals surface area contributed by atoms with Gasteiger partial charge in [0.15, 0.2) is 0 Å². The number of aromatic amines is 1. The van der Waals surface area contributed by atoms with Crippen molar-refractivity contribution >= 4 is 16.9 Å². The van der Waals surface area contributed by atoms with Gasteiger partial charge in [0.1, 0.15) is 11.3 Å². The molecule has 0 radical (unpaired) electrons. The summed E-state index contributed by atoms with van der Waals surface area (Å²) < 4.78 is 10.7. The highest BCUT2D eigenvalue weighted by Gasteiger charge is 2.31. The normalized spacial score (nSPS) is 16.4. The summed E-state index contributed by atoms with van der Waals surface area (Å²) in [6.45, 7) is 3.16. The molecule has 0 bridgehead atoms. The van der Waals surface area contributed by atoms with Crippen LogP contribution in [0.15, 0.2) is 27.4 Å². The first-order valence-corrected chi connectivity index (χ1v) is 10.5. The molecule has 3 heterocycles. The van der Waals surface area contributed by atoms with Gasteiger partial charge in [0.2, 0.25) is 5.91 Å². The minimum absolute atomic E-state index is 0.0376. The lowest BCUT2D eigenvalue weighted by Gasteiger charge is -2.20. The van der Waals surface area contributed by atoms with Crippen molar-refractivity contribution in [1.29, 1.82) is 0 Å². The average Bonchev–Trinajstić information content (AvgIpc) is 3.55. The molecule has 0 saturated heterocycles. The van der Waals surface area contributed by atoms with Gasteiger partial charge in [-0.05, 0) is 49.4 Å². The van der Waals surface area contributed by atoms with Gasteiger partial charge < -0.3 is 14.1 Å². The number of hydrogen-bond acceptors (Lipinski definition) is 5. The van der Waals surface area contributed by atoms with Gasteiger partial charge in [-0.15, -0.1) is 0 Å². The number of carbonyl (C=O) groups excluding carboxylic acids is 1. The number of ether oxygens (including phenoxy) is 1. The third-order valence-electron chi connectivity index (χ3n) is 6.39. The number of carbonyl (C=O) groups is 1. The molecule has 5 rings (SSSR count). The summed E-state index contributed by atoms with van der Waals surface area (Å²) in [5.41, 5.74) is 4.88. The smallest absolute Gasteiger partial charge is 0.340 e. The zero-order chi connectivity index (χ0) is 20.8. The van der Waals surface area contributed by atoms with E-state index in [1.54, 1.807) is 13.2 Å². The third kappa shape index (κ3) is 3.28. The number of nitrogens with one attached hydrogen (secondary N) is 1. The minimum atomic E-state index is -0.457. The van der Waals surface area contributed by atoms with Crippen molar-refractivity contribution in [2.45, 2.75) is 44.9 Å². The van der Waals surface area contributed by atoms with Gasteiger partial charge >= 0.3 is 5.63 Å². The molecule has 2 aliphatic rings. The summed E-state index contributed by atoms with van der Waals surface area (Å²) in [5.74, 6) is 1.18. The molecule has 7 nitrogen and oxygen atoms in total. The number of benzene rings is 1. The van der Waals surface area contributed by atoms with E-state index in [-0.39, 0.29) is 12.3 Å². The molecule has 1 aromatic carbocycles. The van der Waals surface area contributed by atoms with Gasteiger partial charge in [-0.1, -0.05) is 0 Å². The Bertz CT molecular complexity index is 1190. The maximum absolute atomic E-state index is 13.1. The SMILES string of the molecule is COc1ccc2c(C)c(CC(=O)N3CCc4[nH]nc(C5CC5)c4CC3)c(=O)oc2c1. The van der Waals surface area contributed by atoms with E-state index in [9.17, 15) is 9.59 Å². The number of methoxy groups -OCH3 is 1. The molecule has 2 aromatic heterocycles. The molecule has 1 N–H and O–H groups in total. The monoisotopic (exact) mass is 407 g/mol. The summed E-state index contributed by atoms with van der Waals surface area (Å²) >= 11 is 0. The highest BCUT2D eigenvalue weighted by molar-refractivity contribution is 5.85. The Labute approximate surface area is 174 Å². The van der Waals surface area contributed by atoms with Crippen molar-refractivity contribution in [2.75, 3.05) is 20.2 Å². The Hall–Kier alpha value is -3.09. The van der Waals surface area contributed by atoms with E-state index in [1.165, 1.54) is 24.1 Å². The molecule has 1 aliphatic heterocycles. The highest BCUT2D eigenvalue weighted by Crippen LogP contribution is 2.41. The molecule has 1 fully saturated rings. The van der Waals surface area contributed by atoms with Crippen LogP contribution in [-0.2, 0) is 24.1 Å². The van der Waals surface area contributed by atoms with E-state index in [1.807, 2.05) is 24.0 Å². The van der Waals surface area contributed by atoms with Crippen LogP contribution in [-0.4, -0.2) is 41.2 Å². The Morgan fingerprint density at radius 3 is 2.87 bits per heavy atom. The van der Waals surface area contributed by atoms with Crippen LogP contribution >= 0.6 is 0 Å². The van der Waals surface area contributed by atoms with E-state index >= 15 is 0 Å². The second-order valence-electron chi connectivity index (χ2n) is 8.25. The van der Waals surface area contributed by atoms with Crippen molar-refractivity contribution in [2.24, 2.45) is 0 Å². The van der Waals surface area contributed by atoms with Crippen molar-refractivity contribution in [3.05, 3.63) is 56.7 Å². The quantitative estimate of drug-likeness (QED) is 0.672. The summed E-state index contributed by atoms with van der Waals surface area (Å²) in [6, 6.07) is 5.39. The molecular weight excluding hydrogens is 382 g/mol. The first kappa shape index (κ1) is 18.9. The van der Waals surface area contributed by atoms with Crippen LogP contribution in [0.5, 0.6) is 5.75 Å². The van der Waals surface area contributed by atoms with Crippen LogP contribution in [0.3, 0.4) is 0 Å². The topological polar surface area (TPSA) is 88.4 Å². The number of amides is 1. The Kier molecular flexibility index (Phi) is 4.60. The molecule has 156 valence electrons.